The molecule has 0 spiro atoms. The molecule has 32 heavy (non-hydrogen) atoms. The summed E-state index contributed by atoms with van der Waals surface area (Å²) < 4.78 is 22.3. The van der Waals surface area contributed by atoms with Gasteiger partial charge in [-0.15, -0.1) is 0 Å². The molecule has 170 valence electrons. The molecule has 0 radical (unpaired) electrons. The predicted molar refractivity (Wildman–Crippen MR) is 123 cm³/mol. The van der Waals surface area contributed by atoms with Gasteiger partial charge in [0.2, 0.25) is 0 Å². The molecule has 8 heteroatoms. The SMILES string of the molecule is CCOc1ccc(OCC(=O)Nc2n[nH]c(C)c2-c2ccc(OCC)c(OCC)c2)cc1. The highest BCUT2D eigenvalue weighted by molar-refractivity contribution is 5.95. The first-order valence-corrected chi connectivity index (χ1v) is 10.7. The third kappa shape index (κ3) is 5.72. The Balaban J connectivity index is 1.71. The molecule has 8 nitrogen and oxygen atoms in total. The second kappa shape index (κ2) is 11.1. The minimum Gasteiger partial charge on any atom is -0.494 e. The van der Waals surface area contributed by atoms with Crippen LogP contribution in [0.4, 0.5) is 5.82 Å². The zero-order valence-corrected chi connectivity index (χ0v) is 18.9. The lowest BCUT2D eigenvalue weighted by Crippen LogP contribution is -2.20. The van der Waals surface area contributed by atoms with Crippen molar-refractivity contribution in [3.63, 3.8) is 0 Å². The van der Waals surface area contributed by atoms with Crippen LogP contribution in [0.15, 0.2) is 42.5 Å². The average Bonchev–Trinajstić information content (AvgIpc) is 3.15. The van der Waals surface area contributed by atoms with Crippen molar-refractivity contribution in [1.82, 2.24) is 10.2 Å². The number of aromatic amines is 1. The highest BCUT2D eigenvalue weighted by atomic mass is 16.5. The Bertz CT molecular complexity index is 1030. The van der Waals surface area contributed by atoms with Gasteiger partial charge in [0.25, 0.3) is 5.91 Å². The van der Waals surface area contributed by atoms with Crippen LogP contribution < -0.4 is 24.3 Å². The zero-order valence-electron chi connectivity index (χ0n) is 18.9. The van der Waals surface area contributed by atoms with E-state index in [1.54, 1.807) is 24.3 Å². The van der Waals surface area contributed by atoms with Gasteiger partial charge in [-0.1, -0.05) is 6.07 Å². The van der Waals surface area contributed by atoms with Crippen molar-refractivity contribution in [2.24, 2.45) is 0 Å². The number of carbonyl (C=O) groups excluding carboxylic acids is 1. The predicted octanol–water partition coefficient (Wildman–Crippen LogP) is 4.60. The number of ether oxygens (including phenoxy) is 4. The maximum absolute atomic E-state index is 12.5. The van der Waals surface area contributed by atoms with E-state index in [0.29, 0.717) is 42.9 Å². The van der Waals surface area contributed by atoms with Crippen molar-refractivity contribution < 1.29 is 23.7 Å². The molecule has 1 amide bonds. The Morgan fingerprint density at radius 3 is 2.16 bits per heavy atom. The van der Waals surface area contributed by atoms with Crippen molar-refractivity contribution in [1.29, 1.82) is 0 Å². The van der Waals surface area contributed by atoms with E-state index in [2.05, 4.69) is 15.5 Å². The van der Waals surface area contributed by atoms with E-state index in [4.69, 9.17) is 18.9 Å². The summed E-state index contributed by atoms with van der Waals surface area (Å²) in [6, 6.07) is 12.8. The largest absolute Gasteiger partial charge is 0.494 e. The fourth-order valence-corrected chi connectivity index (χ4v) is 3.20. The monoisotopic (exact) mass is 439 g/mol. The normalized spacial score (nSPS) is 10.5. The molecule has 3 rings (SSSR count). The Morgan fingerprint density at radius 1 is 0.875 bits per heavy atom. The quantitative estimate of drug-likeness (QED) is 0.453. The third-order valence-corrected chi connectivity index (χ3v) is 4.54. The van der Waals surface area contributed by atoms with Gasteiger partial charge in [0.1, 0.15) is 11.5 Å². The number of hydrogen-bond donors (Lipinski definition) is 2. The number of nitrogens with zero attached hydrogens (tertiary/aromatic N) is 1. The van der Waals surface area contributed by atoms with E-state index >= 15 is 0 Å². The first-order chi connectivity index (χ1) is 15.5. The number of amides is 1. The molecular weight excluding hydrogens is 410 g/mol. The lowest BCUT2D eigenvalue weighted by Gasteiger charge is -2.13. The molecule has 3 aromatic rings. The van der Waals surface area contributed by atoms with E-state index < -0.39 is 0 Å². The van der Waals surface area contributed by atoms with Crippen LogP contribution in [0.2, 0.25) is 0 Å². The topological polar surface area (TPSA) is 94.7 Å². The van der Waals surface area contributed by atoms with Crippen molar-refractivity contribution >= 4 is 11.7 Å². The molecule has 1 heterocycles. The van der Waals surface area contributed by atoms with Crippen LogP contribution in [0.1, 0.15) is 26.5 Å². The summed E-state index contributed by atoms with van der Waals surface area (Å²) in [5, 5.41) is 10.0. The first kappa shape index (κ1) is 23.0. The number of aromatic nitrogens is 2. The molecule has 0 unspecified atom stereocenters. The molecule has 0 saturated carbocycles. The first-order valence-electron chi connectivity index (χ1n) is 10.7. The second-order valence-corrected chi connectivity index (χ2v) is 6.84. The summed E-state index contributed by atoms with van der Waals surface area (Å²) in [6.07, 6.45) is 0. The Morgan fingerprint density at radius 2 is 1.50 bits per heavy atom. The second-order valence-electron chi connectivity index (χ2n) is 6.84. The van der Waals surface area contributed by atoms with Crippen LogP contribution in [-0.2, 0) is 4.79 Å². The van der Waals surface area contributed by atoms with Gasteiger partial charge >= 0.3 is 0 Å². The van der Waals surface area contributed by atoms with E-state index in [1.165, 1.54) is 0 Å². The minimum absolute atomic E-state index is 0.146. The van der Waals surface area contributed by atoms with Crippen LogP contribution in [0.3, 0.4) is 0 Å². The number of nitrogens with one attached hydrogen (secondary N) is 2. The third-order valence-electron chi connectivity index (χ3n) is 4.54. The van der Waals surface area contributed by atoms with Gasteiger partial charge in [-0.05, 0) is 69.7 Å². The number of H-pyrrole nitrogens is 1. The molecule has 1 aromatic heterocycles. The van der Waals surface area contributed by atoms with Gasteiger partial charge in [0.05, 0.1) is 19.8 Å². The van der Waals surface area contributed by atoms with Crippen molar-refractivity contribution in [2.75, 3.05) is 31.7 Å². The minimum atomic E-state index is -0.317. The van der Waals surface area contributed by atoms with E-state index in [-0.39, 0.29) is 12.5 Å². The van der Waals surface area contributed by atoms with Gasteiger partial charge < -0.3 is 24.3 Å². The molecule has 0 bridgehead atoms. The van der Waals surface area contributed by atoms with Crippen LogP contribution in [0.25, 0.3) is 11.1 Å². The number of hydrogen-bond acceptors (Lipinski definition) is 6. The van der Waals surface area contributed by atoms with Crippen LogP contribution in [0.5, 0.6) is 23.0 Å². The Hall–Kier alpha value is -3.68. The molecule has 0 aliphatic heterocycles. The maximum atomic E-state index is 12.5. The van der Waals surface area contributed by atoms with E-state index in [0.717, 1.165) is 22.6 Å². The Kier molecular flexibility index (Phi) is 7.96. The lowest BCUT2D eigenvalue weighted by molar-refractivity contribution is -0.118. The fourth-order valence-electron chi connectivity index (χ4n) is 3.20. The smallest absolute Gasteiger partial charge is 0.263 e. The number of anilines is 1. The molecule has 0 aliphatic carbocycles. The van der Waals surface area contributed by atoms with Gasteiger partial charge in [0.15, 0.2) is 23.9 Å². The highest BCUT2D eigenvalue weighted by Gasteiger charge is 2.17. The molecule has 2 N–H and O–H groups in total. The Labute approximate surface area is 187 Å². The fraction of sp³-hybridized carbons (Fsp3) is 0.333. The van der Waals surface area contributed by atoms with Crippen LogP contribution in [-0.4, -0.2) is 42.5 Å². The van der Waals surface area contributed by atoms with Crippen molar-refractivity contribution in [2.45, 2.75) is 27.7 Å². The number of rotatable bonds is 11. The summed E-state index contributed by atoms with van der Waals surface area (Å²) in [7, 11) is 0. The highest BCUT2D eigenvalue weighted by Crippen LogP contribution is 2.36. The van der Waals surface area contributed by atoms with E-state index in [1.807, 2.05) is 45.9 Å². The summed E-state index contributed by atoms with van der Waals surface area (Å²) in [4.78, 5) is 12.5. The average molecular weight is 440 g/mol. The standard InChI is InChI=1S/C24H29N3O5/c1-5-29-18-9-11-19(12-10-18)32-15-22(28)25-24-23(16(4)26-27-24)17-8-13-20(30-6-2)21(14-17)31-7-3/h8-14H,5-7,15H2,1-4H3,(H2,25,26,27,28). The number of aryl methyl sites for hydroxylation is 1. The summed E-state index contributed by atoms with van der Waals surface area (Å²) in [5.41, 5.74) is 2.45. The molecular formula is C24H29N3O5. The molecule has 0 atom stereocenters. The maximum Gasteiger partial charge on any atom is 0.263 e. The van der Waals surface area contributed by atoms with Crippen LogP contribution >= 0.6 is 0 Å². The molecule has 0 fully saturated rings. The molecule has 0 saturated heterocycles. The zero-order chi connectivity index (χ0) is 22.9. The van der Waals surface area contributed by atoms with Gasteiger partial charge in [-0.25, -0.2) is 0 Å². The van der Waals surface area contributed by atoms with Crippen molar-refractivity contribution in [3.05, 3.63) is 48.2 Å². The molecule has 2 aromatic carbocycles. The number of carbonyl (C=O) groups is 1. The van der Waals surface area contributed by atoms with Crippen molar-refractivity contribution in [3.8, 4) is 34.1 Å². The summed E-state index contributed by atoms with van der Waals surface area (Å²) >= 11 is 0. The van der Waals surface area contributed by atoms with E-state index in [9.17, 15) is 4.79 Å². The summed E-state index contributed by atoms with van der Waals surface area (Å²) in [6.45, 7) is 9.16. The molecule has 0 aliphatic rings. The van der Waals surface area contributed by atoms with Gasteiger partial charge in [-0.3, -0.25) is 9.89 Å². The lowest BCUT2D eigenvalue weighted by atomic mass is 10.0. The number of benzene rings is 2. The van der Waals surface area contributed by atoms with Gasteiger partial charge in [-0.2, -0.15) is 5.10 Å². The van der Waals surface area contributed by atoms with Gasteiger partial charge in [0, 0.05) is 11.3 Å². The summed E-state index contributed by atoms with van der Waals surface area (Å²) in [5.74, 6) is 2.76. The van der Waals surface area contributed by atoms with Crippen LogP contribution in [0, 0.1) is 6.92 Å².